The molecular weight excluding hydrogens is 363 g/mol. The number of rotatable bonds is 3. The lowest BCUT2D eigenvalue weighted by Gasteiger charge is -2.05. The topological polar surface area (TPSA) is 16.8 Å². The Balaban J connectivity index is 1.89. The predicted molar refractivity (Wildman–Crippen MR) is 107 cm³/mol. The second-order valence-corrected chi connectivity index (χ2v) is 6.78. The Morgan fingerprint density at radius 3 is 1.81 bits per heavy atom. The molecule has 1 aromatic heterocycles. The highest BCUT2D eigenvalue weighted by molar-refractivity contribution is 6.30. The maximum Gasteiger partial charge on any atom is 0.238 e. The maximum atomic E-state index is 6.04. The van der Waals surface area contributed by atoms with Crippen LogP contribution >= 0.6 is 23.2 Å². The van der Waals surface area contributed by atoms with E-state index in [2.05, 4.69) is 6.07 Å². The fraction of sp³-hybridized carbons (Fsp3) is 0. The van der Waals surface area contributed by atoms with Gasteiger partial charge in [0.25, 0.3) is 0 Å². The van der Waals surface area contributed by atoms with Crippen molar-refractivity contribution in [2.45, 2.75) is 0 Å². The highest BCUT2D eigenvalue weighted by Crippen LogP contribution is 2.25. The molecule has 4 aromatic rings. The molecule has 4 heteroatoms. The van der Waals surface area contributed by atoms with Crippen LogP contribution in [-0.2, 0) is 0 Å². The van der Waals surface area contributed by atoms with E-state index < -0.39 is 0 Å². The molecule has 126 valence electrons. The van der Waals surface area contributed by atoms with Crippen LogP contribution in [0.5, 0.6) is 0 Å². The molecule has 0 saturated heterocycles. The van der Waals surface area contributed by atoms with Gasteiger partial charge >= 0.3 is 0 Å². The largest absolute Gasteiger partial charge is 0.238 e. The minimum Gasteiger partial charge on any atom is -0.0843 e. The maximum absolute atomic E-state index is 6.04. The van der Waals surface area contributed by atoms with Crippen molar-refractivity contribution >= 4 is 23.2 Å². The quantitative estimate of drug-likeness (QED) is 0.400. The summed E-state index contributed by atoms with van der Waals surface area (Å²) in [6.07, 6.45) is 2.03. The van der Waals surface area contributed by atoms with Crippen molar-refractivity contribution in [3.63, 3.8) is 0 Å². The van der Waals surface area contributed by atoms with E-state index in [1.165, 1.54) is 0 Å². The van der Waals surface area contributed by atoms with Crippen molar-refractivity contribution < 1.29 is 4.68 Å². The third-order valence-corrected chi connectivity index (χ3v) is 4.61. The predicted octanol–water partition coefficient (Wildman–Crippen LogP) is 6.00. The van der Waals surface area contributed by atoms with Crippen LogP contribution in [0, 0.1) is 0 Å². The van der Waals surface area contributed by atoms with Crippen LogP contribution in [0.2, 0.25) is 10.0 Å². The third kappa shape index (κ3) is 3.62. The highest BCUT2D eigenvalue weighted by atomic mass is 35.5. The second-order valence-electron chi connectivity index (χ2n) is 5.91. The van der Waals surface area contributed by atoms with Gasteiger partial charge in [0.05, 0.1) is 5.56 Å². The molecule has 3 aromatic carbocycles. The fourth-order valence-electron chi connectivity index (χ4n) is 2.77. The lowest BCUT2D eigenvalue weighted by molar-refractivity contribution is -0.658. The molecule has 0 N–H and O–H groups in total. The molecule has 1 heterocycles. The number of benzene rings is 3. The minimum absolute atomic E-state index is 0.707. The summed E-state index contributed by atoms with van der Waals surface area (Å²) in [5.41, 5.74) is 5.02. The molecule has 0 spiro atoms. The summed E-state index contributed by atoms with van der Waals surface area (Å²) in [7, 11) is 0. The van der Waals surface area contributed by atoms with Crippen LogP contribution in [-0.4, -0.2) is 5.10 Å². The average molecular weight is 378 g/mol. The monoisotopic (exact) mass is 377 g/mol. The van der Waals surface area contributed by atoms with E-state index in [-0.39, 0.29) is 0 Å². The number of para-hydroxylation sites is 1. The zero-order valence-electron chi connectivity index (χ0n) is 13.8. The van der Waals surface area contributed by atoms with E-state index in [4.69, 9.17) is 28.3 Å². The first-order valence-electron chi connectivity index (χ1n) is 8.20. The highest BCUT2D eigenvalue weighted by Gasteiger charge is 2.15. The minimum atomic E-state index is 0.707. The van der Waals surface area contributed by atoms with Crippen molar-refractivity contribution in [2.24, 2.45) is 0 Å². The van der Waals surface area contributed by atoms with Gasteiger partial charge in [0.15, 0.2) is 0 Å². The Labute approximate surface area is 162 Å². The summed E-state index contributed by atoms with van der Waals surface area (Å²) >= 11 is 12.1. The Bertz CT molecular complexity index is 964. The van der Waals surface area contributed by atoms with Gasteiger partial charge in [-0.25, -0.2) is 0 Å². The van der Waals surface area contributed by atoms with Crippen LogP contribution in [0.25, 0.3) is 28.1 Å². The van der Waals surface area contributed by atoms with Crippen molar-refractivity contribution in [1.82, 2.24) is 5.10 Å². The van der Waals surface area contributed by atoms with Crippen molar-refractivity contribution in [1.29, 1.82) is 0 Å². The molecule has 0 saturated carbocycles. The fourth-order valence-corrected chi connectivity index (χ4v) is 3.02. The number of nitrogens with zero attached hydrogens (tertiary/aromatic N) is 2. The van der Waals surface area contributed by atoms with E-state index in [0.717, 1.165) is 33.1 Å². The van der Waals surface area contributed by atoms with Crippen molar-refractivity contribution in [2.75, 3.05) is 0 Å². The van der Waals surface area contributed by atoms with Gasteiger partial charge in [0.1, 0.15) is 5.69 Å². The van der Waals surface area contributed by atoms with Gasteiger partial charge in [0, 0.05) is 32.8 Å². The SMILES string of the molecule is Clc1ccc(-c2cc(-c3ccc(Cl)cc3)n[n+](-c3ccccc3)c2)cc1. The molecule has 0 bridgehead atoms. The van der Waals surface area contributed by atoms with Crippen LogP contribution in [0.1, 0.15) is 0 Å². The lowest BCUT2D eigenvalue weighted by atomic mass is 10.0. The number of hydrogen-bond donors (Lipinski definition) is 0. The smallest absolute Gasteiger partial charge is 0.0843 e. The van der Waals surface area contributed by atoms with Gasteiger partial charge in [-0.15, -0.1) is 0 Å². The molecule has 0 radical (unpaired) electrons. The molecule has 0 amide bonds. The molecule has 0 fully saturated rings. The summed E-state index contributed by atoms with van der Waals surface area (Å²) in [5.74, 6) is 0. The van der Waals surface area contributed by atoms with Crippen LogP contribution in [0.3, 0.4) is 0 Å². The number of aromatic nitrogens is 2. The molecule has 0 aliphatic carbocycles. The zero-order valence-corrected chi connectivity index (χ0v) is 15.3. The van der Waals surface area contributed by atoms with Gasteiger partial charge in [-0.1, -0.05) is 70.3 Å². The zero-order chi connectivity index (χ0) is 17.9. The van der Waals surface area contributed by atoms with E-state index in [1.807, 2.05) is 89.7 Å². The summed E-state index contributed by atoms with van der Waals surface area (Å²) in [6.45, 7) is 0. The first-order chi connectivity index (χ1) is 12.7. The lowest BCUT2D eigenvalue weighted by Crippen LogP contribution is -2.35. The van der Waals surface area contributed by atoms with Gasteiger partial charge in [0.2, 0.25) is 11.9 Å². The molecule has 0 aliphatic heterocycles. The van der Waals surface area contributed by atoms with Gasteiger partial charge in [-0.2, -0.15) is 0 Å². The van der Waals surface area contributed by atoms with Crippen LogP contribution in [0.4, 0.5) is 0 Å². The van der Waals surface area contributed by atoms with Gasteiger partial charge in [-0.05, 0) is 35.9 Å². The van der Waals surface area contributed by atoms with Crippen LogP contribution < -0.4 is 4.68 Å². The van der Waals surface area contributed by atoms with E-state index in [1.54, 1.807) is 0 Å². The Morgan fingerprint density at radius 2 is 1.19 bits per heavy atom. The molecule has 26 heavy (non-hydrogen) atoms. The van der Waals surface area contributed by atoms with E-state index in [0.29, 0.717) is 5.02 Å². The average Bonchev–Trinajstić information content (AvgIpc) is 2.69. The van der Waals surface area contributed by atoms with Gasteiger partial charge in [-0.3, -0.25) is 0 Å². The summed E-state index contributed by atoms with van der Waals surface area (Å²) < 4.78 is 1.90. The summed E-state index contributed by atoms with van der Waals surface area (Å²) in [4.78, 5) is 0. The van der Waals surface area contributed by atoms with Crippen molar-refractivity contribution in [3.05, 3.63) is 101 Å². The molecule has 2 nitrogen and oxygen atoms in total. The number of hydrogen-bond acceptors (Lipinski definition) is 1. The molecule has 0 atom stereocenters. The molecule has 0 aliphatic rings. The van der Waals surface area contributed by atoms with Crippen molar-refractivity contribution in [3.8, 4) is 28.1 Å². The summed E-state index contributed by atoms with van der Waals surface area (Å²) in [5, 5.41) is 6.22. The first-order valence-corrected chi connectivity index (χ1v) is 8.96. The standard InChI is InChI=1S/C22H15Cl2N2/c23-19-10-6-16(7-11-19)18-14-22(17-8-12-20(24)13-9-17)25-26(15-18)21-4-2-1-3-5-21/h1-15H/q+1. The Kier molecular flexibility index (Phi) is 4.70. The Morgan fingerprint density at radius 1 is 0.615 bits per heavy atom. The first kappa shape index (κ1) is 16.8. The molecular formula is C22H15Cl2N2+. The molecule has 0 unspecified atom stereocenters. The van der Waals surface area contributed by atoms with Crippen LogP contribution in [0.15, 0.2) is 91.1 Å². The normalized spacial score (nSPS) is 10.7. The second kappa shape index (κ2) is 7.28. The Hall–Kier alpha value is -2.68. The van der Waals surface area contributed by atoms with E-state index in [9.17, 15) is 0 Å². The third-order valence-electron chi connectivity index (χ3n) is 4.11. The number of halogens is 2. The summed E-state index contributed by atoms with van der Waals surface area (Å²) in [6, 6.07) is 27.7. The van der Waals surface area contributed by atoms with Gasteiger partial charge < -0.3 is 0 Å². The van der Waals surface area contributed by atoms with E-state index >= 15 is 0 Å². The molecule has 4 rings (SSSR count).